The molecule has 1 aromatic rings. The molecule has 0 fully saturated rings. The maximum atomic E-state index is 11.8. The zero-order valence-corrected chi connectivity index (χ0v) is 14.7. The average Bonchev–Trinajstić information content (AvgIpc) is 2.50. The Morgan fingerprint density at radius 1 is 1.17 bits per heavy atom. The maximum Gasteiger partial charge on any atom is 0.308 e. The van der Waals surface area contributed by atoms with E-state index in [9.17, 15) is 9.59 Å². The van der Waals surface area contributed by atoms with Gasteiger partial charge in [-0.15, -0.1) is 0 Å². The standard InChI is InChI=1S/C18H27NO4/c1-6-19(7-2)16-10-9-15(17(12-16)23-14(5)20)11-13(4)18(21)22-8-3/h9-10,12-13H,6-8,11H2,1-5H3. The average molecular weight is 321 g/mol. The lowest BCUT2D eigenvalue weighted by Crippen LogP contribution is -2.22. The Bertz CT molecular complexity index is 538. The molecule has 0 aliphatic carbocycles. The highest BCUT2D eigenvalue weighted by atomic mass is 16.5. The fourth-order valence-corrected chi connectivity index (χ4v) is 2.44. The number of hydrogen-bond acceptors (Lipinski definition) is 5. The lowest BCUT2D eigenvalue weighted by Gasteiger charge is -2.23. The van der Waals surface area contributed by atoms with Crippen LogP contribution in [-0.2, 0) is 20.7 Å². The largest absolute Gasteiger partial charge is 0.466 e. The van der Waals surface area contributed by atoms with Gasteiger partial charge in [0.05, 0.1) is 12.5 Å². The second-order valence-electron chi connectivity index (χ2n) is 5.42. The number of nitrogens with zero attached hydrogens (tertiary/aromatic N) is 1. The number of hydrogen-bond donors (Lipinski definition) is 0. The van der Waals surface area contributed by atoms with Gasteiger partial charge in [-0.2, -0.15) is 0 Å². The van der Waals surface area contributed by atoms with Gasteiger partial charge in [0.15, 0.2) is 0 Å². The monoisotopic (exact) mass is 321 g/mol. The Balaban J connectivity index is 3.05. The predicted octanol–water partition coefficient (Wildman–Crippen LogP) is 3.20. The summed E-state index contributed by atoms with van der Waals surface area (Å²) in [6.07, 6.45) is 0.472. The normalized spacial score (nSPS) is 11.7. The van der Waals surface area contributed by atoms with E-state index in [1.165, 1.54) is 6.92 Å². The molecule has 0 aromatic heterocycles. The first-order chi connectivity index (χ1) is 10.9. The molecule has 0 amide bonds. The Kier molecular flexibility index (Phi) is 7.59. The van der Waals surface area contributed by atoms with Crippen LogP contribution in [0, 0.1) is 5.92 Å². The topological polar surface area (TPSA) is 55.8 Å². The first-order valence-electron chi connectivity index (χ1n) is 8.15. The minimum absolute atomic E-state index is 0.242. The van der Waals surface area contributed by atoms with E-state index in [2.05, 4.69) is 18.7 Å². The van der Waals surface area contributed by atoms with Gasteiger partial charge in [-0.1, -0.05) is 13.0 Å². The van der Waals surface area contributed by atoms with Crippen molar-refractivity contribution in [2.45, 2.75) is 41.0 Å². The molecule has 0 aliphatic heterocycles. The van der Waals surface area contributed by atoms with E-state index < -0.39 is 0 Å². The van der Waals surface area contributed by atoms with E-state index in [-0.39, 0.29) is 17.9 Å². The summed E-state index contributed by atoms with van der Waals surface area (Å²) in [4.78, 5) is 25.4. The van der Waals surface area contributed by atoms with Crippen LogP contribution in [0.3, 0.4) is 0 Å². The van der Waals surface area contributed by atoms with Crippen molar-refractivity contribution in [3.63, 3.8) is 0 Å². The molecule has 5 nitrogen and oxygen atoms in total. The van der Waals surface area contributed by atoms with E-state index in [0.29, 0.717) is 18.8 Å². The van der Waals surface area contributed by atoms with Gasteiger partial charge in [0.1, 0.15) is 5.75 Å². The first kappa shape index (κ1) is 19.0. The van der Waals surface area contributed by atoms with E-state index >= 15 is 0 Å². The van der Waals surface area contributed by atoms with Gasteiger partial charge in [0.25, 0.3) is 0 Å². The fraction of sp³-hybridized carbons (Fsp3) is 0.556. The molecule has 0 aliphatic rings. The lowest BCUT2D eigenvalue weighted by molar-refractivity contribution is -0.147. The number of ether oxygens (including phenoxy) is 2. The van der Waals surface area contributed by atoms with Crippen molar-refractivity contribution in [2.75, 3.05) is 24.6 Å². The summed E-state index contributed by atoms with van der Waals surface area (Å²) in [5.41, 5.74) is 1.83. The number of benzene rings is 1. The summed E-state index contributed by atoms with van der Waals surface area (Å²) in [6, 6.07) is 5.77. The molecule has 1 atom stereocenters. The quantitative estimate of drug-likeness (QED) is 0.543. The van der Waals surface area contributed by atoms with E-state index in [1.54, 1.807) is 6.92 Å². The molecule has 0 radical (unpaired) electrons. The minimum Gasteiger partial charge on any atom is -0.466 e. The predicted molar refractivity (Wildman–Crippen MR) is 90.8 cm³/mol. The second-order valence-corrected chi connectivity index (χ2v) is 5.42. The van der Waals surface area contributed by atoms with Crippen LogP contribution in [0.1, 0.15) is 40.2 Å². The van der Waals surface area contributed by atoms with Crippen molar-refractivity contribution >= 4 is 17.6 Å². The molecule has 128 valence electrons. The molecule has 5 heteroatoms. The second kappa shape index (κ2) is 9.18. The van der Waals surface area contributed by atoms with Crippen LogP contribution < -0.4 is 9.64 Å². The summed E-state index contributed by atoms with van der Waals surface area (Å²) >= 11 is 0. The smallest absolute Gasteiger partial charge is 0.308 e. The van der Waals surface area contributed by atoms with Crippen LogP contribution >= 0.6 is 0 Å². The summed E-state index contributed by atoms with van der Waals surface area (Å²) < 4.78 is 10.4. The molecule has 0 bridgehead atoms. The van der Waals surface area contributed by atoms with Gasteiger partial charge in [0, 0.05) is 31.8 Å². The summed E-state index contributed by atoms with van der Waals surface area (Å²) in [7, 11) is 0. The third kappa shape index (κ3) is 5.58. The highest BCUT2D eigenvalue weighted by molar-refractivity contribution is 5.73. The van der Waals surface area contributed by atoms with E-state index in [4.69, 9.17) is 9.47 Å². The fourth-order valence-electron chi connectivity index (χ4n) is 2.44. The zero-order chi connectivity index (χ0) is 17.4. The van der Waals surface area contributed by atoms with Crippen LogP contribution in [-0.4, -0.2) is 31.6 Å². The van der Waals surface area contributed by atoms with Crippen LogP contribution in [0.5, 0.6) is 5.75 Å². The number of carbonyl (C=O) groups excluding carboxylic acids is 2. The summed E-state index contributed by atoms with van der Waals surface area (Å²) in [5, 5.41) is 0. The molecule has 23 heavy (non-hydrogen) atoms. The number of esters is 2. The highest BCUT2D eigenvalue weighted by Crippen LogP contribution is 2.28. The van der Waals surface area contributed by atoms with Gasteiger partial charge < -0.3 is 14.4 Å². The van der Waals surface area contributed by atoms with Crippen molar-refractivity contribution in [2.24, 2.45) is 5.92 Å². The molecule has 0 spiro atoms. The molecule has 0 saturated carbocycles. The lowest BCUT2D eigenvalue weighted by atomic mass is 10.00. The van der Waals surface area contributed by atoms with Crippen LogP contribution in [0.2, 0.25) is 0 Å². The molecule has 0 heterocycles. The number of rotatable bonds is 8. The van der Waals surface area contributed by atoms with E-state index in [1.807, 2.05) is 25.1 Å². The van der Waals surface area contributed by atoms with Crippen LogP contribution in [0.15, 0.2) is 18.2 Å². The van der Waals surface area contributed by atoms with Crippen LogP contribution in [0.4, 0.5) is 5.69 Å². The third-order valence-electron chi connectivity index (χ3n) is 3.65. The van der Waals surface area contributed by atoms with Crippen LogP contribution in [0.25, 0.3) is 0 Å². The van der Waals surface area contributed by atoms with Crippen molar-refractivity contribution in [3.05, 3.63) is 23.8 Å². The van der Waals surface area contributed by atoms with Crippen molar-refractivity contribution in [1.82, 2.24) is 0 Å². The minimum atomic E-state index is -0.369. The molecule has 1 unspecified atom stereocenters. The van der Waals surface area contributed by atoms with Gasteiger partial charge in [-0.25, -0.2) is 0 Å². The van der Waals surface area contributed by atoms with Gasteiger partial charge >= 0.3 is 11.9 Å². The van der Waals surface area contributed by atoms with Gasteiger partial charge in [-0.05, 0) is 38.8 Å². The first-order valence-corrected chi connectivity index (χ1v) is 8.15. The number of carbonyl (C=O) groups is 2. The SMILES string of the molecule is CCOC(=O)C(C)Cc1ccc(N(CC)CC)cc1OC(C)=O. The van der Waals surface area contributed by atoms with Crippen molar-refractivity contribution in [1.29, 1.82) is 0 Å². The molecular formula is C18H27NO4. The Morgan fingerprint density at radius 3 is 2.35 bits per heavy atom. The Labute approximate surface area is 138 Å². The molecular weight excluding hydrogens is 294 g/mol. The Hall–Kier alpha value is -2.04. The summed E-state index contributed by atoms with van der Waals surface area (Å²) in [6.45, 7) is 11.2. The molecule has 1 aromatic carbocycles. The van der Waals surface area contributed by atoms with E-state index in [0.717, 1.165) is 24.3 Å². The van der Waals surface area contributed by atoms with Gasteiger partial charge in [0.2, 0.25) is 0 Å². The summed E-state index contributed by atoms with van der Waals surface area (Å²) in [5.74, 6) is -0.387. The zero-order valence-electron chi connectivity index (χ0n) is 14.7. The highest BCUT2D eigenvalue weighted by Gasteiger charge is 2.18. The van der Waals surface area contributed by atoms with Gasteiger partial charge in [-0.3, -0.25) is 9.59 Å². The maximum absolute atomic E-state index is 11.8. The molecule has 0 saturated heterocycles. The Morgan fingerprint density at radius 2 is 1.83 bits per heavy atom. The third-order valence-corrected chi connectivity index (χ3v) is 3.65. The number of anilines is 1. The molecule has 0 N–H and O–H groups in total. The van der Waals surface area contributed by atoms with Crippen molar-refractivity contribution in [3.8, 4) is 5.75 Å². The van der Waals surface area contributed by atoms with Crippen molar-refractivity contribution < 1.29 is 19.1 Å². The molecule has 1 rings (SSSR count).